The van der Waals surface area contributed by atoms with Crippen LogP contribution < -0.4 is 16.0 Å². The third kappa shape index (κ3) is 4.35. The second-order valence-electron chi connectivity index (χ2n) is 9.19. The maximum Gasteiger partial charge on any atom is 0.322 e. The first-order chi connectivity index (χ1) is 17.3. The smallest absolute Gasteiger partial charge is 0.322 e. The van der Waals surface area contributed by atoms with Crippen LogP contribution in [0, 0.1) is 0 Å². The van der Waals surface area contributed by atoms with Gasteiger partial charge >= 0.3 is 12.1 Å². The number of carbonyl (C=O) groups is 4. The fourth-order valence-corrected chi connectivity index (χ4v) is 4.69. The molecule has 184 valence electrons. The second-order valence-corrected chi connectivity index (χ2v) is 9.19. The molecule has 2 heterocycles. The number of imide groups is 1. The summed E-state index contributed by atoms with van der Waals surface area (Å²) >= 11 is 0. The van der Waals surface area contributed by atoms with Crippen molar-refractivity contribution in [1.82, 2.24) is 25.8 Å². The predicted octanol–water partition coefficient (Wildman–Crippen LogP) is 2.56. The van der Waals surface area contributed by atoms with Crippen LogP contribution in [0.2, 0.25) is 0 Å². The molecule has 5 rings (SSSR count). The van der Waals surface area contributed by atoms with Crippen LogP contribution in [-0.2, 0) is 16.9 Å². The molecule has 2 aliphatic rings. The SMILES string of the molecule is CC1(c2ccc(CNC(=O)N3CCN(C(=O)c4cccc5ccccc45)CC3)cc2)NC(=O)NC1=O. The van der Waals surface area contributed by atoms with Crippen LogP contribution in [0.15, 0.2) is 66.7 Å². The molecule has 0 radical (unpaired) electrons. The third-order valence-electron chi connectivity index (χ3n) is 6.89. The van der Waals surface area contributed by atoms with E-state index in [-0.39, 0.29) is 11.9 Å². The van der Waals surface area contributed by atoms with Crippen LogP contribution in [-0.4, -0.2) is 59.9 Å². The molecule has 2 saturated heterocycles. The van der Waals surface area contributed by atoms with Gasteiger partial charge in [0.25, 0.3) is 11.8 Å². The monoisotopic (exact) mass is 485 g/mol. The summed E-state index contributed by atoms with van der Waals surface area (Å²) in [5.41, 5.74) is 1.10. The highest BCUT2D eigenvalue weighted by atomic mass is 16.2. The Labute approximate surface area is 208 Å². The molecule has 9 heteroatoms. The van der Waals surface area contributed by atoms with Gasteiger partial charge in [0, 0.05) is 38.3 Å². The highest BCUT2D eigenvalue weighted by Gasteiger charge is 2.43. The number of benzene rings is 3. The van der Waals surface area contributed by atoms with Crippen molar-refractivity contribution in [1.29, 1.82) is 0 Å². The van der Waals surface area contributed by atoms with E-state index in [1.54, 1.807) is 28.9 Å². The van der Waals surface area contributed by atoms with Gasteiger partial charge in [-0.05, 0) is 34.9 Å². The van der Waals surface area contributed by atoms with E-state index in [9.17, 15) is 19.2 Å². The molecule has 3 aromatic carbocycles. The van der Waals surface area contributed by atoms with Crippen molar-refractivity contribution in [3.05, 3.63) is 83.4 Å². The number of piperazine rings is 1. The average molecular weight is 486 g/mol. The Bertz CT molecular complexity index is 1340. The summed E-state index contributed by atoms with van der Waals surface area (Å²) in [4.78, 5) is 53.0. The summed E-state index contributed by atoms with van der Waals surface area (Å²) < 4.78 is 0. The van der Waals surface area contributed by atoms with Crippen LogP contribution in [0.25, 0.3) is 10.8 Å². The quantitative estimate of drug-likeness (QED) is 0.493. The van der Waals surface area contributed by atoms with Crippen molar-refractivity contribution in [3.8, 4) is 0 Å². The number of fused-ring (bicyclic) bond motifs is 1. The van der Waals surface area contributed by atoms with Crippen LogP contribution in [0.1, 0.15) is 28.4 Å². The second kappa shape index (κ2) is 9.33. The fourth-order valence-electron chi connectivity index (χ4n) is 4.69. The van der Waals surface area contributed by atoms with E-state index in [0.29, 0.717) is 43.9 Å². The van der Waals surface area contributed by atoms with Crippen LogP contribution in [0.4, 0.5) is 9.59 Å². The van der Waals surface area contributed by atoms with E-state index in [2.05, 4.69) is 16.0 Å². The molecule has 3 aromatic rings. The number of nitrogens with zero attached hydrogens (tertiary/aromatic N) is 2. The van der Waals surface area contributed by atoms with E-state index in [1.807, 2.05) is 54.6 Å². The topological polar surface area (TPSA) is 111 Å². The van der Waals surface area contributed by atoms with Crippen molar-refractivity contribution in [2.75, 3.05) is 26.2 Å². The van der Waals surface area contributed by atoms with Gasteiger partial charge in [-0.3, -0.25) is 14.9 Å². The minimum Gasteiger partial charge on any atom is -0.335 e. The largest absolute Gasteiger partial charge is 0.335 e. The Morgan fingerprint density at radius 1 is 0.889 bits per heavy atom. The molecule has 0 bridgehead atoms. The van der Waals surface area contributed by atoms with Crippen molar-refractivity contribution < 1.29 is 19.2 Å². The molecule has 3 N–H and O–H groups in total. The van der Waals surface area contributed by atoms with Gasteiger partial charge in [-0.2, -0.15) is 0 Å². The minimum absolute atomic E-state index is 0.0206. The number of amides is 6. The molecular weight excluding hydrogens is 458 g/mol. The number of urea groups is 2. The summed E-state index contributed by atoms with van der Waals surface area (Å²) in [6.07, 6.45) is 0. The standard InChI is InChI=1S/C27H27N5O4/c1-27(24(34)29-25(35)30-27)20-11-9-18(10-12-20)17-28-26(36)32-15-13-31(14-16-32)23(33)22-8-4-6-19-5-2-3-7-21(19)22/h2-12H,13-17H2,1H3,(H,28,36)(H2,29,30,34,35). The minimum atomic E-state index is -1.11. The molecule has 0 aliphatic carbocycles. The lowest BCUT2D eigenvalue weighted by Gasteiger charge is -2.35. The normalized spacial score (nSPS) is 19.7. The highest BCUT2D eigenvalue weighted by Crippen LogP contribution is 2.25. The molecule has 0 aromatic heterocycles. The Morgan fingerprint density at radius 3 is 2.25 bits per heavy atom. The zero-order valence-electron chi connectivity index (χ0n) is 19.9. The van der Waals surface area contributed by atoms with Gasteiger partial charge in [-0.1, -0.05) is 60.7 Å². The molecule has 1 atom stereocenters. The maximum absolute atomic E-state index is 13.1. The molecule has 36 heavy (non-hydrogen) atoms. The van der Waals surface area contributed by atoms with Gasteiger partial charge in [-0.25, -0.2) is 9.59 Å². The highest BCUT2D eigenvalue weighted by molar-refractivity contribution is 6.07. The molecule has 6 amide bonds. The van der Waals surface area contributed by atoms with Gasteiger partial charge in [0.15, 0.2) is 0 Å². The lowest BCUT2D eigenvalue weighted by Crippen LogP contribution is -2.53. The first-order valence-corrected chi connectivity index (χ1v) is 11.9. The van der Waals surface area contributed by atoms with E-state index in [4.69, 9.17) is 0 Å². The molecular formula is C27H27N5O4. The van der Waals surface area contributed by atoms with E-state index < -0.39 is 17.5 Å². The predicted molar refractivity (Wildman–Crippen MR) is 134 cm³/mol. The number of hydrogen-bond donors (Lipinski definition) is 3. The lowest BCUT2D eigenvalue weighted by atomic mass is 9.91. The summed E-state index contributed by atoms with van der Waals surface area (Å²) in [7, 11) is 0. The van der Waals surface area contributed by atoms with Gasteiger partial charge in [0.1, 0.15) is 5.54 Å². The lowest BCUT2D eigenvalue weighted by molar-refractivity contribution is -0.123. The van der Waals surface area contributed by atoms with E-state index in [1.165, 1.54) is 0 Å². The van der Waals surface area contributed by atoms with E-state index in [0.717, 1.165) is 16.3 Å². The maximum atomic E-state index is 13.1. The summed E-state index contributed by atoms with van der Waals surface area (Å²) in [5, 5.41) is 9.76. The fraction of sp³-hybridized carbons (Fsp3) is 0.259. The molecule has 1 unspecified atom stereocenters. The van der Waals surface area contributed by atoms with Crippen molar-refractivity contribution in [2.45, 2.75) is 19.0 Å². The first kappa shape index (κ1) is 23.3. The zero-order chi connectivity index (χ0) is 25.3. The zero-order valence-corrected chi connectivity index (χ0v) is 19.9. The Kier molecular flexibility index (Phi) is 6.05. The average Bonchev–Trinajstić information content (AvgIpc) is 3.18. The summed E-state index contributed by atoms with van der Waals surface area (Å²) in [6, 6.07) is 20.0. The Morgan fingerprint density at radius 2 is 1.56 bits per heavy atom. The Hall–Kier alpha value is -4.40. The number of rotatable bonds is 4. The van der Waals surface area contributed by atoms with Crippen molar-refractivity contribution in [3.63, 3.8) is 0 Å². The molecule has 2 fully saturated rings. The number of hydrogen-bond acceptors (Lipinski definition) is 4. The van der Waals surface area contributed by atoms with Crippen LogP contribution in [0.3, 0.4) is 0 Å². The Balaban J connectivity index is 1.14. The molecule has 9 nitrogen and oxygen atoms in total. The first-order valence-electron chi connectivity index (χ1n) is 11.9. The summed E-state index contributed by atoms with van der Waals surface area (Å²) in [5.74, 6) is -0.417. The third-order valence-corrected chi connectivity index (χ3v) is 6.89. The van der Waals surface area contributed by atoms with Gasteiger partial charge in [0.05, 0.1) is 0 Å². The van der Waals surface area contributed by atoms with Crippen LogP contribution in [0.5, 0.6) is 0 Å². The van der Waals surface area contributed by atoms with Gasteiger partial charge in [-0.15, -0.1) is 0 Å². The van der Waals surface area contributed by atoms with Crippen molar-refractivity contribution >= 4 is 34.6 Å². The van der Waals surface area contributed by atoms with E-state index >= 15 is 0 Å². The van der Waals surface area contributed by atoms with Gasteiger partial charge < -0.3 is 20.4 Å². The summed E-state index contributed by atoms with van der Waals surface area (Å²) in [6.45, 7) is 3.81. The molecule has 0 spiro atoms. The number of nitrogens with one attached hydrogen (secondary N) is 3. The molecule has 0 saturated carbocycles. The van der Waals surface area contributed by atoms with Crippen LogP contribution >= 0.6 is 0 Å². The number of carbonyl (C=O) groups excluding carboxylic acids is 4. The van der Waals surface area contributed by atoms with Crippen molar-refractivity contribution in [2.24, 2.45) is 0 Å². The van der Waals surface area contributed by atoms with Gasteiger partial charge in [0.2, 0.25) is 0 Å². The molecule has 2 aliphatic heterocycles.